The molecule has 0 radical (unpaired) electrons. The Bertz CT molecular complexity index is 3180. The number of benzene rings is 5. The summed E-state index contributed by atoms with van der Waals surface area (Å²) in [5.41, 5.74) is 19.4. The molecule has 0 saturated heterocycles. The Morgan fingerprint density at radius 3 is 1.74 bits per heavy atom. The third-order valence-corrected chi connectivity index (χ3v) is 12.4. The Morgan fingerprint density at radius 2 is 1.08 bits per heavy atom. The number of hydrogen-bond acceptors (Lipinski definition) is 4. The number of aromatic amines is 2. The molecule has 0 spiro atoms. The summed E-state index contributed by atoms with van der Waals surface area (Å²) < 4.78 is 6.93. The number of fused-ring (bicyclic) bond motifs is 8. The molecule has 5 heterocycles. The van der Waals surface area contributed by atoms with Crippen LogP contribution in [0.2, 0.25) is 0 Å². The number of anilines is 3. The van der Waals surface area contributed by atoms with Gasteiger partial charge in [-0.05, 0) is 150 Å². The average Bonchev–Trinajstić information content (AvgIpc) is 4.15. The van der Waals surface area contributed by atoms with Crippen molar-refractivity contribution < 1.29 is 4.74 Å². The van der Waals surface area contributed by atoms with Gasteiger partial charge < -0.3 is 19.6 Å². The number of hydrogen-bond donors (Lipinski definition) is 2. The fraction of sp³-hybridized carbons (Fsp3) is 0.0545. The summed E-state index contributed by atoms with van der Waals surface area (Å²) in [4.78, 5) is 20.0. The van der Waals surface area contributed by atoms with Gasteiger partial charge in [-0.2, -0.15) is 0 Å². The second kappa shape index (κ2) is 16.7. The van der Waals surface area contributed by atoms with Gasteiger partial charge in [0.25, 0.3) is 0 Å². The van der Waals surface area contributed by atoms with Crippen LogP contribution in [0.25, 0.3) is 80.8 Å². The Kier molecular flexibility index (Phi) is 10.5. The van der Waals surface area contributed by atoms with Gasteiger partial charge in [0.15, 0.2) is 0 Å². The van der Waals surface area contributed by atoms with Crippen LogP contribution in [-0.4, -0.2) is 27.0 Å². The molecule has 2 N–H and O–H groups in total. The molecule has 62 heavy (non-hydrogen) atoms. The zero-order chi connectivity index (χ0) is 42.2. The van der Waals surface area contributed by atoms with E-state index in [0.717, 1.165) is 105 Å². The van der Waals surface area contributed by atoms with Crippen molar-refractivity contribution in [3.05, 3.63) is 200 Å². The second-order valence-electron chi connectivity index (χ2n) is 15.5. The molecule has 10 rings (SSSR count). The molecule has 0 unspecified atom stereocenters. The molecule has 300 valence electrons. The van der Waals surface area contributed by atoms with Gasteiger partial charge in [0.05, 0.1) is 39.0 Å². The number of nitrogens with zero attached hydrogens (tertiary/aromatic N) is 3. The number of para-hydroxylation sites is 1. The third kappa shape index (κ3) is 7.79. The maximum Gasteiger partial charge on any atom is 0.126 e. The Labute approximate surface area is 374 Å². The summed E-state index contributed by atoms with van der Waals surface area (Å²) in [6.45, 7) is 4.24. The van der Waals surface area contributed by atoms with E-state index in [1.807, 2.05) is 18.2 Å². The van der Waals surface area contributed by atoms with Crippen LogP contribution in [0.1, 0.15) is 45.0 Å². The standard InChI is InChI=1S/C55H42IN5O/c1-35-8-22-42(23-9-35)61(43-24-10-36(2)11-25-43)44-26-16-38(17-27-44)13-12-37-14-18-39(19-15-37)53-46-30-31-49(59-46)54(45-6-4-5-7-52(45)62-3)48-28-20-40(57-48)34-41-21-29-50(58-41)55(56)51-33-32-47(53)60-51/h4-34,57,60H,1-3H3/b13-12+,40-34?,41-34?,53-46?,53-47?,54-48?,54-49?,55-50?,55-51?. The van der Waals surface area contributed by atoms with Crippen LogP contribution in [0.4, 0.5) is 17.1 Å². The third-order valence-electron chi connectivity index (χ3n) is 11.3. The molecule has 0 saturated carbocycles. The highest BCUT2D eigenvalue weighted by atomic mass is 127. The lowest BCUT2D eigenvalue weighted by Crippen LogP contribution is -2.09. The van der Waals surface area contributed by atoms with Crippen molar-refractivity contribution in [1.82, 2.24) is 19.9 Å². The Morgan fingerprint density at radius 1 is 0.532 bits per heavy atom. The minimum Gasteiger partial charge on any atom is -0.496 e. The first-order valence-corrected chi connectivity index (χ1v) is 21.7. The van der Waals surface area contributed by atoms with Gasteiger partial charge in [0, 0.05) is 50.3 Å². The van der Waals surface area contributed by atoms with Gasteiger partial charge in [0.1, 0.15) is 5.75 Å². The number of rotatable bonds is 8. The van der Waals surface area contributed by atoms with Crippen LogP contribution < -0.4 is 9.64 Å². The molecule has 7 heteroatoms. The van der Waals surface area contributed by atoms with Gasteiger partial charge in [-0.15, -0.1) is 0 Å². The van der Waals surface area contributed by atoms with Gasteiger partial charge in [0.2, 0.25) is 0 Å². The number of aryl methyl sites for hydroxylation is 2. The zero-order valence-electron chi connectivity index (χ0n) is 34.5. The lowest BCUT2D eigenvalue weighted by atomic mass is 10.0. The minimum absolute atomic E-state index is 0.776. The van der Waals surface area contributed by atoms with E-state index >= 15 is 0 Å². The molecule has 5 aromatic carbocycles. The summed E-state index contributed by atoms with van der Waals surface area (Å²) in [7, 11) is 1.71. The predicted molar refractivity (Wildman–Crippen MR) is 269 cm³/mol. The Balaban J connectivity index is 1.04. The fourth-order valence-corrected chi connectivity index (χ4v) is 8.68. The predicted octanol–water partition coefficient (Wildman–Crippen LogP) is 14.9. The molecule has 6 nitrogen and oxygen atoms in total. The highest BCUT2D eigenvalue weighted by molar-refractivity contribution is 14.1. The van der Waals surface area contributed by atoms with Crippen LogP contribution in [0.3, 0.4) is 0 Å². The topological polar surface area (TPSA) is 69.8 Å². The van der Waals surface area contributed by atoms with Crippen LogP contribution >= 0.6 is 22.6 Å². The van der Waals surface area contributed by atoms with E-state index in [4.69, 9.17) is 14.7 Å². The number of nitrogens with one attached hydrogen (secondary N) is 2. The van der Waals surface area contributed by atoms with Gasteiger partial charge >= 0.3 is 0 Å². The quantitative estimate of drug-likeness (QED) is 0.118. The summed E-state index contributed by atoms with van der Waals surface area (Å²) in [6, 6.07) is 53.5. The van der Waals surface area contributed by atoms with E-state index in [9.17, 15) is 0 Å². The van der Waals surface area contributed by atoms with E-state index in [0.29, 0.717) is 0 Å². The van der Waals surface area contributed by atoms with Crippen molar-refractivity contribution >= 4 is 98.2 Å². The smallest absolute Gasteiger partial charge is 0.126 e. The number of H-pyrrole nitrogens is 2. The maximum absolute atomic E-state index is 5.89. The molecule has 0 fully saturated rings. The first-order valence-electron chi connectivity index (χ1n) is 20.6. The summed E-state index contributed by atoms with van der Waals surface area (Å²) in [6.07, 6.45) is 12.7. The average molecular weight is 916 g/mol. The molecule has 8 bridgehead atoms. The molecular formula is C55H42IN5O. The molecule has 0 aliphatic carbocycles. The molecular weight excluding hydrogens is 874 g/mol. The molecule has 2 aliphatic heterocycles. The van der Waals surface area contributed by atoms with Crippen molar-refractivity contribution in [3.63, 3.8) is 0 Å². The van der Waals surface area contributed by atoms with E-state index in [2.05, 4.69) is 221 Å². The number of halogens is 1. The highest BCUT2D eigenvalue weighted by Crippen LogP contribution is 2.39. The number of methoxy groups -OCH3 is 1. The van der Waals surface area contributed by atoms with E-state index < -0.39 is 0 Å². The van der Waals surface area contributed by atoms with Crippen LogP contribution in [0, 0.1) is 17.4 Å². The summed E-state index contributed by atoms with van der Waals surface area (Å²) in [5.74, 6) is 0.776. The largest absolute Gasteiger partial charge is 0.496 e. The lowest BCUT2D eigenvalue weighted by Gasteiger charge is -2.25. The van der Waals surface area contributed by atoms with E-state index in [1.54, 1.807) is 7.11 Å². The minimum atomic E-state index is 0.776. The normalized spacial score (nSPS) is 12.0. The van der Waals surface area contributed by atoms with E-state index in [-0.39, 0.29) is 0 Å². The molecule has 3 aromatic heterocycles. The molecule has 2 aliphatic rings. The zero-order valence-corrected chi connectivity index (χ0v) is 36.7. The van der Waals surface area contributed by atoms with Crippen molar-refractivity contribution in [1.29, 1.82) is 0 Å². The number of ether oxygens (including phenoxy) is 1. The van der Waals surface area contributed by atoms with Crippen molar-refractivity contribution in [2.45, 2.75) is 13.8 Å². The van der Waals surface area contributed by atoms with Crippen LogP contribution in [0.5, 0.6) is 5.75 Å². The molecule has 8 aromatic rings. The van der Waals surface area contributed by atoms with Gasteiger partial charge in [-0.3, -0.25) is 0 Å². The molecule has 0 atom stereocenters. The van der Waals surface area contributed by atoms with Gasteiger partial charge in [-0.25, -0.2) is 9.97 Å². The first kappa shape index (κ1) is 38.9. The fourth-order valence-electron chi connectivity index (χ4n) is 8.07. The lowest BCUT2D eigenvalue weighted by molar-refractivity contribution is 0.416. The SMILES string of the molecule is COc1ccccc1-c1c2nc(c(-c3ccc(/C=C/c4ccc(N(c5ccc(C)cc5)c5ccc(C)cc5)cc4)cc3)c3ccc([nH]3)c(I)c3nc(cc4ccc1[nH]4)C=C3)C=C2. The summed E-state index contributed by atoms with van der Waals surface area (Å²) >= 11 is 2.39. The van der Waals surface area contributed by atoms with Crippen LogP contribution in [0.15, 0.2) is 152 Å². The van der Waals surface area contributed by atoms with E-state index in [1.165, 1.54) is 11.1 Å². The van der Waals surface area contributed by atoms with Crippen molar-refractivity contribution in [2.24, 2.45) is 0 Å². The number of aromatic nitrogens is 4. The second-order valence-corrected chi connectivity index (χ2v) is 16.6. The van der Waals surface area contributed by atoms with Gasteiger partial charge in [-0.1, -0.05) is 102 Å². The van der Waals surface area contributed by atoms with Crippen LogP contribution in [-0.2, 0) is 0 Å². The maximum atomic E-state index is 5.89. The van der Waals surface area contributed by atoms with Crippen molar-refractivity contribution in [2.75, 3.05) is 12.0 Å². The van der Waals surface area contributed by atoms with Crippen molar-refractivity contribution in [3.8, 4) is 28.0 Å². The molecule has 0 amide bonds. The monoisotopic (exact) mass is 915 g/mol. The summed E-state index contributed by atoms with van der Waals surface area (Å²) in [5, 5.41) is 0. The first-order chi connectivity index (χ1) is 30.4. The Hall–Kier alpha value is -7.23. The highest BCUT2D eigenvalue weighted by Gasteiger charge is 2.18.